The Morgan fingerprint density at radius 2 is 1.92 bits per heavy atom. The van der Waals surface area contributed by atoms with Crippen molar-refractivity contribution in [1.82, 2.24) is 9.62 Å². The van der Waals surface area contributed by atoms with Gasteiger partial charge in [-0.15, -0.1) is 12.4 Å². The Morgan fingerprint density at radius 3 is 2.54 bits per heavy atom. The molecule has 3 rings (SSSR count). The first-order valence-corrected chi connectivity index (χ1v) is 9.25. The highest BCUT2D eigenvalue weighted by atomic mass is 35.5. The maximum Gasteiger partial charge on any atom is 0.273 e. The number of rotatable bonds is 3. The van der Waals surface area contributed by atoms with Gasteiger partial charge in [0.05, 0.1) is 9.82 Å². The number of nitro benzene ring substituents is 1. The number of nitrogens with zero attached hydrogens (tertiary/aromatic N) is 2. The molecule has 2 heterocycles. The minimum Gasteiger partial charge on any atom is -0.317 e. The number of halogens is 1. The molecule has 0 bridgehead atoms. The van der Waals surface area contributed by atoms with Crippen LogP contribution in [-0.2, 0) is 10.0 Å². The Balaban J connectivity index is 0.00000208. The zero-order chi connectivity index (χ0) is 16.7. The van der Waals surface area contributed by atoms with E-state index in [9.17, 15) is 18.5 Å². The lowest BCUT2D eigenvalue weighted by Crippen LogP contribution is -2.39. The molecule has 9 heteroatoms. The van der Waals surface area contributed by atoms with Crippen molar-refractivity contribution in [3.05, 3.63) is 33.9 Å². The van der Waals surface area contributed by atoms with Crippen molar-refractivity contribution in [1.29, 1.82) is 0 Å². The van der Waals surface area contributed by atoms with Crippen LogP contribution < -0.4 is 5.32 Å². The molecule has 0 aliphatic carbocycles. The van der Waals surface area contributed by atoms with Crippen molar-refractivity contribution in [3.8, 4) is 0 Å². The normalized spacial score (nSPS) is 20.7. The number of piperidine rings is 1. The molecular weight excluding hydrogens is 354 g/mol. The van der Waals surface area contributed by atoms with Crippen molar-refractivity contribution in [3.63, 3.8) is 0 Å². The zero-order valence-corrected chi connectivity index (χ0v) is 15.2. The van der Waals surface area contributed by atoms with E-state index >= 15 is 0 Å². The Labute approximate surface area is 148 Å². The molecule has 7 nitrogen and oxygen atoms in total. The molecule has 0 aromatic heterocycles. The van der Waals surface area contributed by atoms with Gasteiger partial charge in [0.25, 0.3) is 5.69 Å². The smallest absolute Gasteiger partial charge is 0.273 e. The minimum absolute atomic E-state index is 0. The van der Waals surface area contributed by atoms with Crippen LogP contribution in [0.3, 0.4) is 0 Å². The molecule has 2 aliphatic rings. The van der Waals surface area contributed by atoms with Crippen LogP contribution in [0.1, 0.15) is 24.8 Å². The summed E-state index contributed by atoms with van der Waals surface area (Å²) in [4.78, 5) is 10.6. The number of sulfonamides is 1. The SMILES string of the molecule is Cc1c([N+](=O)[O-])cccc1S(=O)(=O)N1CCC2(CCNCC2)C1.Cl. The lowest BCUT2D eigenvalue weighted by molar-refractivity contribution is -0.385. The van der Waals surface area contributed by atoms with E-state index in [1.807, 2.05) is 0 Å². The minimum atomic E-state index is -3.69. The second-order valence-electron chi connectivity index (χ2n) is 6.50. The van der Waals surface area contributed by atoms with Crippen molar-refractivity contribution in [2.45, 2.75) is 31.1 Å². The molecule has 24 heavy (non-hydrogen) atoms. The monoisotopic (exact) mass is 375 g/mol. The summed E-state index contributed by atoms with van der Waals surface area (Å²) in [6.07, 6.45) is 2.82. The number of nitrogens with one attached hydrogen (secondary N) is 1. The fourth-order valence-corrected chi connectivity index (χ4v) is 5.48. The molecule has 0 amide bonds. The molecule has 0 saturated carbocycles. The second kappa shape index (κ2) is 6.95. The van der Waals surface area contributed by atoms with E-state index in [0.29, 0.717) is 13.1 Å². The Morgan fingerprint density at radius 1 is 1.25 bits per heavy atom. The standard InChI is InChI=1S/C15H21N3O4S.ClH/c1-12-13(18(19)20)3-2-4-14(12)23(21,22)17-10-7-15(11-17)5-8-16-9-6-15;/h2-4,16H,5-11H2,1H3;1H. The van der Waals surface area contributed by atoms with Gasteiger partial charge in [-0.25, -0.2) is 8.42 Å². The lowest BCUT2D eigenvalue weighted by atomic mass is 9.78. The third kappa shape index (κ3) is 3.28. The predicted octanol–water partition coefficient (Wildman–Crippen LogP) is 2.09. The summed E-state index contributed by atoms with van der Waals surface area (Å²) in [6, 6.07) is 4.24. The molecule has 1 aromatic carbocycles. The molecule has 0 radical (unpaired) electrons. The molecule has 1 N–H and O–H groups in total. The number of nitro groups is 1. The maximum atomic E-state index is 12.9. The fraction of sp³-hybridized carbons (Fsp3) is 0.600. The van der Waals surface area contributed by atoms with Gasteiger partial charge in [-0.1, -0.05) is 6.07 Å². The van der Waals surface area contributed by atoms with Crippen LogP contribution in [0.4, 0.5) is 5.69 Å². The van der Waals surface area contributed by atoms with Gasteiger partial charge in [0.15, 0.2) is 0 Å². The number of hydrogen-bond donors (Lipinski definition) is 1. The number of benzene rings is 1. The van der Waals surface area contributed by atoms with Gasteiger partial charge in [0.2, 0.25) is 10.0 Å². The summed E-state index contributed by atoms with van der Waals surface area (Å²) in [5, 5.41) is 14.4. The van der Waals surface area contributed by atoms with Crippen LogP contribution in [0.15, 0.2) is 23.1 Å². The van der Waals surface area contributed by atoms with E-state index in [2.05, 4.69) is 5.32 Å². The topological polar surface area (TPSA) is 92.5 Å². The van der Waals surface area contributed by atoms with Crippen molar-refractivity contribution < 1.29 is 13.3 Å². The van der Waals surface area contributed by atoms with Gasteiger partial charge in [-0.2, -0.15) is 4.31 Å². The third-order valence-electron chi connectivity index (χ3n) is 5.14. The molecule has 0 unspecified atom stereocenters. The maximum absolute atomic E-state index is 12.9. The van der Waals surface area contributed by atoms with E-state index in [4.69, 9.17) is 0 Å². The van der Waals surface area contributed by atoms with E-state index in [0.717, 1.165) is 32.4 Å². The summed E-state index contributed by atoms with van der Waals surface area (Å²) in [5.74, 6) is 0. The highest BCUT2D eigenvalue weighted by molar-refractivity contribution is 7.89. The highest BCUT2D eigenvalue weighted by Gasteiger charge is 2.43. The van der Waals surface area contributed by atoms with Crippen LogP contribution in [0.5, 0.6) is 0 Å². The summed E-state index contributed by atoms with van der Waals surface area (Å²) in [7, 11) is -3.69. The molecule has 134 valence electrons. The van der Waals surface area contributed by atoms with Crippen LogP contribution in [-0.4, -0.2) is 43.8 Å². The summed E-state index contributed by atoms with van der Waals surface area (Å²) < 4.78 is 27.4. The van der Waals surface area contributed by atoms with E-state index in [-0.39, 0.29) is 34.0 Å². The molecular formula is C15H22ClN3O4S. The first-order valence-electron chi connectivity index (χ1n) is 7.81. The van der Waals surface area contributed by atoms with Crippen LogP contribution in [0.2, 0.25) is 0 Å². The van der Waals surface area contributed by atoms with Crippen molar-refractivity contribution in [2.24, 2.45) is 5.41 Å². The number of hydrogen-bond acceptors (Lipinski definition) is 5. The average molecular weight is 376 g/mol. The lowest BCUT2D eigenvalue weighted by Gasteiger charge is -2.33. The summed E-state index contributed by atoms with van der Waals surface area (Å²) in [5.41, 5.74) is 0.123. The van der Waals surface area contributed by atoms with Gasteiger partial charge < -0.3 is 5.32 Å². The van der Waals surface area contributed by atoms with E-state index in [1.54, 1.807) is 0 Å². The van der Waals surface area contributed by atoms with E-state index < -0.39 is 14.9 Å². The van der Waals surface area contributed by atoms with Gasteiger partial charge in [0, 0.05) is 24.7 Å². The predicted molar refractivity (Wildman–Crippen MR) is 93.0 cm³/mol. The molecule has 2 aliphatic heterocycles. The van der Waals surface area contributed by atoms with Crippen LogP contribution in [0, 0.1) is 22.5 Å². The summed E-state index contributed by atoms with van der Waals surface area (Å²) in [6.45, 7) is 4.35. The first-order chi connectivity index (χ1) is 10.9. The second-order valence-corrected chi connectivity index (χ2v) is 8.40. The van der Waals surface area contributed by atoms with Gasteiger partial charge in [-0.05, 0) is 50.8 Å². The van der Waals surface area contributed by atoms with E-state index in [1.165, 1.54) is 29.4 Å². The van der Waals surface area contributed by atoms with Crippen molar-refractivity contribution in [2.75, 3.05) is 26.2 Å². The van der Waals surface area contributed by atoms with Gasteiger partial charge >= 0.3 is 0 Å². The molecule has 0 atom stereocenters. The first kappa shape index (κ1) is 19.1. The van der Waals surface area contributed by atoms with Gasteiger partial charge in [-0.3, -0.25) is 10.1 Å². The Hall–Kier alpha value is -1.22. The summed E-state index contributed by atoms with van der Waals surface area (Å²) >= 11 is 0. The molecule has 1 aromatic rings. The quantitative estimate of drug-likeness (QED) is 0.645. The average Bonchev–Trinajstić information content (AvgIpc) is 2.92. The Kier molecular flexibility index (Phi) is 5.54. The van der Waals surface area contributed by atoms with Gasteiger partial charge in [0.1, 0.15) is 0 Å². The highest BCUT2D eigenvalue weighted by Crippen LogP contribution is 2.41. The van der Waals surface area contributed by atoms with Crippen LogP contribution >= 0.6 is 12.4 Å². The van der Waals surface area contributed by atoms with Crippen LogP contribution in [0.25, 0.3) is 0 Å². The largest absolute Gasteiger partial charge is 0.317 e. The molecule has 1 spiro atoms. The zero-order valence-electron chi connectivity index (χ0n) is 13.5. The van der Waals surface area contributed by atoms with Crippen molar-refractivity contribution >= 4 is 28.1 Å². The molecule has 2 fully saturated rings. The third-order valence-corrected chi connectivity index (χ3v) is 7.13. The fourth-order valence-electron chi connectivity index (χ4n) is 3.68. The Bertz CT molecular complexity index is 732. The molecule has 2 saturated heterocycles.